The lowest BCUT2D eigenvalue weighted by Gasteiger charge is -2.16. The second kappa shape index (κ2) is 6.72. The summed E-state index contributed by atoms with van der Waals surface area (Å²) in [5, 5.41) is 16.6. The van der Waals surface area contributed by atoms with Crippen molar-refractivity contribution in [3.8, 4) is 11.5 Å². The number of benzene rings is 1. The van der Waals surface area contributed by atoms with Gasteiger partial charge in [0.25, 0.3) is 0 Å². The molecule has 0 aliphatic carbocycles. The number of methoxy groups -OCH3 is 1. The summed E-state index contributed by atoms with van der Waals surface area (Å²) < 4.78 is 5.08. The van der Waals surface area contributed by atoms with Crippen molar-refractivity contribution < 1.29 is 9.84 Å². The van der Waals surface area contributed by atoms with Crippen LogP contribution in [0.3, 0.4) is 0 Å². The predicted octanol–water partition coefficient (Wildman–Crippen LogP) is 3.06. The summed E-state index contributed by atoms with van der Waals surface area (Å²) in [7, 11) is 1.59. The van der Waals surface area contributed by atoms with Gasteiger partial charge in [-0.2, -0.15) is 0 Å². The highest BCUT2D eigenvalue weighted by atomic mass is 32.1. The van der Waals surface area contributed by atoms with Crippen molar-refractivity contribution in [2.24, 2.45) is 0 Å². The lowest BCUT2D eigenvalue weighted by molar-refractivity contribution is 0.404. The molecule has 1 aromatic heterocycles. The minimum absolute atomic E-state index is 0.0839. The summed E-state index contributed by atoms with van der Waals surface area (Å²) >= 11 is 1.67. The number of hydrogen-bond acceptors (Lipinski definition) is 5. The predicted molar refractivity (Wildman–Crippen MR) is 81.6 cm³/mol. The van der Waals surface area contributed by atoms with Crippen LogP contribution in [0.5, 0.6) is 11.5 Å². The van der Waals surface area contributed by atoms with Crippen LogP contribution in [0.1, 0.15) is 29.2 Å². The van der Waals surface area contributed by atoms with E-state index < -0.39 is 0 Å². The molecule has 0 aliphatic heterocycles. The van der Waals surface area contributed by atoms with Crippen LogP contribution in [0, 0.1) is 6.92 Å². The fourth-order valence-corrected chi connectivity index (χ4v) is 2.71. The Morgan fingerprint density at radius 3 is 2.85 bits per heavy atom. The van der Waals surface area contributed by atoms with Gasteiger partial charge in [0, 0.05) is 36.0 Å². The van der Waals surface area contributed by atoms with Gasteiger partial charge >= 0.3 is 0 Å². The van der Waals surface area contributed by atoms with Crippen LogP contribution in [0.25, 0.3) is 0 Å². The van der Waals surface area contributed by atoms with Crippen LogP contribution in [0.2, 0.25) is 0 Å². The Bertz CT molecular complexity index is 569. The second-order valence-corrected chi connectivity index (χ2v) is 5.77. The highest BCUT2D eigenvalue weighted by Crippen LogP contribution is 2.28. The van der Waals surface area contributed by atoms with Gasteiger partial charge in [-0.1, -0.05) is 6.07 Å². The molecule has 1 atom stereocenters. The van der Waals surface area contributed by atoms with Crippen LogP contribution in [-0.2, 0) is 6.42 Å². The van der Waals surface area contributed by atoms with E-state index in [2.05, 4.69) is 15.7 Å². The fourth-order valence-electron chi connectivity index (χ4n) is 2.07. The van der Waals surface area contributed by atoms with Crippen molar-refractivity contribution in [2.75, 3.05) is 13.7 Å². The van der Waals surface area contributed by atoms with Crippen molar-refractivity contribution in [1.82, 2.24) is 10.3 Å². The molecule has 0 bridgehead atoms. The van der Waals surface area contributed by atoms with E-state index in [1.54, 1.807) is 24.5 Å². The molecule has 2 aromatic rings. The highest BCUT2D eigenvalue weighted by Gasteiger charge is 2.10. The zero-order chi connectivity index (χ0) is 14.5. The molecule has 2 N–H and O–H groups in total. The highest BCUT2D eigenvalue weighted by molar-refractivity contribution is 7.09. The second-order valence-electron chi connectivity index (χ2n) is 4.71. The topological polar surface area (TPSA) is 54.4 Å². The van der Waals surface area contributed by atoms with Gasteiger partial charge in [-0.3, -0.25) is 0 Å². The number of nitrogens with zero attached hydrogens (tertiary/aromatic N) is 1. The summed E-state index contributed by atoms with van der Waals surface area (Å²) in [5.41, 5.74) is 1.99. The van der Waals surface area contributed by atoms with E-state index in [1.807, 2.05) is 26.0 Å². The minimum atomic E-state index is 0.0839. The normalized spacial score (nSPS) is 12.3. The van der Waals surface area contributed by atoms with E-state index in [0.717, 1.165) is 29.2 Å². The first kappa shape index (κ1) is 14.8. The van der Waals surface area contributed by atoms with Crippen molar-refractivity contribution in [2.45, 2.75) is 26.3 Å². The van der Waals surface area contributed by atoms with E-state index in [1.165, 1.54) is 0 Å². The quantitative estimate of drug-likeness (QED) is 0.859. The molecule has 0 aliphatic rings. The van der Waals surface area contributed by atoms with Gasteiger partial charge in [0.1, 0.15) is 11.5 Å². The van der Waals surface area contributed by atoms with Gasteiger partial charge in [0.05, 0.1) is 17.8 Å². The number of hydrogen-bond donors (Lipinski definition) is 2. The number of aryl methyl sites for hydroxylation is 1. The molecule has 1 aromatic carbocycles. The molecule has 108 valence electrons. The van der Waals surface area contributed by atoms with Crippen molar-refractivity contribution in [3.05, 3.63) is 39.8 Å². The molecule has 0 radical (unpaired) electrons. The largest absolute Gasteiger partial charge is 0.507 e. The lowest BCUT2D eigenvalue weighted by atomic mass is 10.1. The lowest BCUT2D eigenvalue weighted by Crippen LogP contribution is -2.21. The average Bonchev–Trinajstić information content (AvgIpc) is 2.84. The van der Waals surface area contributed by atoms with Crippen molar-refractivity contribution >= 4 is 11.3 Å². The number of phenols is 1. The standard InChI is InChI=1S/C15H20N2O2S/c1-10(14-5-4-13(19-3)8-15(14)18)16-7-6-12-9-20-11(2)17-12/h4-5,8-10,16,18H,6-7H2,1-3H3. The molecular formula is C15H20N2O2S. The van der Waals surface area contributed by atoms with E-state index in [-0.39, 0.29) is 11.8 Å². The van der Waals surface area contributed by atoms with Crippen LogP contribution in [-0.4, -0.2) is 23.7 Å². The van der Waals surface area contributed by atoms with Crippen molar-refractivity contribution in [3.63, 3.8) is 0 Å². The maximum Gasteiger partial charge on any atom is 0.124 e. The summed E-state index contributed by atoms with van der Waals surface area (Å²) in [6.45, 7) is 4.88. The molecule has 1 heterocycles. The zero-order valence-corrected chi connectivity index (χ0v) is 12.8. The molecule has 5 heteroatoms. The van der Waals surface area contributed by atoms with Gasteiger partial charge in [-0.15, -0.1) is 11.3 Å². The molecule has 0 amide bonds. The van der Waals surface area contributed by atoms with Gasteiger partial charge in [0.15, 0.2) is 0 Å². The third-order valence-corrected chi connectivity index (χ3v) is 4.02. The maximum atomic E-state index is 9.98. The third kappa shape index (κ3) is 3.71. The Labute approximate surface area is 123 Å². The molecule has 0 fully saturated rings. The molecule has 0 saturated carbocycles. The number of ether oxygens (including phenoxy) is 1. The number of rotatable bonds is 6. The summed E-state index contributed by atoms with van der Waals surface area (Å²) in [5.74, 6) is 0.922. The number of thiazole rings is 1. The van der Waals surface area contributed by atoms with Crippen LogP contribution < -0.4 is 10.1 Å². The molecule has 0 saturated heterocycles. The van der Waals surface area contributed by atoms with Crippen LogP contribution in [0.4, 0.5) is 0 Å². The zero-order valence-electron chi connectivity index (χ0n) is 12.0. The first-order valence-corrected chi connectivity index (χ1v) is 7.49. The molecule has 0 spiro atoms. The van der Waals surface area contributed by atoms with Gasteiger partial charge < -0.3 is 15.2 Å². The third-order valence-electron chi connectivity index (χ3n) is 3.20. The molecule has 1 unspecified atom stereocenters. The van der Waals surface area contributed by atoms with Crippen molar-refractivity contribution in [1.29, 1.82) is 0 Å². The SMILES string of the molecule is COc1ccc(C(C)NCCc2csc(C)n2)c(O)c1. The Hall–Kier alpha value is -1.59. The minimum Gasteiger partial charge on any atom is -0.507 e. The average molecular weight is 292 g/mol. The fraction of sp³-hybridized carbons (Fsp3) is 0.400. The first-order chi connectivity index (χ1) is 9.60. The molecule has 2 rings (SSSR count). The van der Waals surface area contributed by atoms with E-state index >= 15 is 0 Å². The van der Waals surface area contributed by atoms with E-state index in [4.69, 9.17) is 4.74 Å². The molecular weight excluding hydrogens is 272 g/mol. The monoisotopic (exact) mass is 292 g/mol. The Morgan fingerprint density at radius 1 is 1.45 bits per heavy atom. The maximum absolute atomic E-state index is 9.98. The Morgan fingerprint density at radius 2 is 2.25 bits per heavy atom. The van der Waals surface area contributed by atoms with Crippen LogP contribution >= 0.6 is 11.3 Å². The summed E-state index contributed by atoms with van der Waals surface area (Å²) in [4.78, 5) is 4.43. The van der Waals surface area contributed by atoms with E-state index in [9.17, 15) is 5.11 Å². The molecule has 20 heavy (non-hydrogen) atoms. The number of aromatic hydroxyl groups is 1. The summed E-state index contributed by atoms with van der Waals surface area (Å²) in [6, 6.07) is 5.47. The first-order valence-electron chi connectivity index (χ1n) is 6.61. The smallest absolute Gasteiger partial charge is 0.124 e. The number of nitrogens with one attached hydrogen (secondary N) is 1. The van der Waals surface area contributed by atoms with Gasteiger partial charge in [-0.05, 0) is 19.9 Å². The van der Waals surface area contributed by atoms with Gasteiger partial charge in [0.2, 0.25) is 0 Å². The Kier molecular flexibility index (Phi) is 4.98. The van der Waals surface area contributed by atoms with E-state index in [0.29, 0.717) is 5.75 Å². The van der Waals surface area contributed by atoms with Crippen LogP contribution in [0.15, 0.2) is 23.6 Å². The number of aromatic nitrogens is 1. The number of phenolic OH excluding ortho intramolecular Hbond substituents is 1. The molecule has 4 nitrogen and oxygen atoms in total. The summed E-state index contributed by atoms with van der Waals surface area (Å²) in [6.07, 6.45) is 0.894. The Balaban J connectivity index is 1.89. The van der Waals surface area contributed by atoms with Gasteiger partial charge in [-0.25, -0.2) is 4.98 Å².